The first-order chi connectivity index (χ1) is 12.5. The van der Waals surface area contributed by atoms with Crippen LogP contribution in [-0.2, 0) is 11.2 Å². The van der Waals surface area contributed by atoms with E-state index in [0.717, 1.165) is 5.56 Å². The minimum Gasteiger partial charge on any atom is -0.435 e. The molecule has 0 aliphatic carbocycles. The van der Waals surface area contributed by atoms with Crippen LogP contribution < -0.4 is 10.1 Å². The fourth-order valence-electron chi connectivity index (χ4n) is 3.13. The average Bonchev–Trinajstić information content (AvgIpc) is 2.62. The van der Waals surface area contributed by atoms with E-state index in [1.165, 1.54) is 12.1 Å². The molecule has 4 nitrogen and oxygen atoms in total. The molecule has 1 aliphatic heterocycles. The van der Waals surface area contributed by atoms with Gasteiger partial charge in [-0.3, -0.25) is 4.79 Å². The molecule has 1 aliphatic rings. The first kappa shape index (κ1) is 18.6. The summed E-state index contributed by atoms with van der Waals surface area (Å²) in [7, 11) is 0. The molecule has 26 heavy (non-hydrogen) atoms. The predicted molar refractivity (Wildman–Crippen MR) is 95.6 cm³/mol. The van der Waals surface area contributed by atoms with Crippen molar-refractivity contribution >= 4 is 17.5 Å². The van der Waals surface area contributed by atoms with Crippen molar-refractivity contribution in [2.24, 2.45) is 0 Å². The van der Waals surface area contributed by atoms with Crippen molar-refractivity contribution in [2.75, 3.05) is 19.6 Å². The second kappa shape index (κ2) is 8.47. The van der Waals surface area contributed by atoms with Gasteiger partial charge in [0.15, 0.2) is 0 Å². The molecule has 0 bridgehead atoms. The summed E-state index contributed by atoms with van der Waals surface area (Å²) in [5.41, 5.74) is 1.52. The zero-order chi connectivity index (χ0) is 18.5. The van der Waals surface area contributed by atoms with E-state index >= 15 is 0 Å². The van der Waals surface area contributed by atoms with E-state index in [1.54, 1.807) is 23.1 Å². The zero-order valence-electron chi connectivity index (χ0n) is 14.0. The van der Waals surface area contributed by atoms with Crippen LogP contribution >= 0.6 is 11.6 Å². The van der Waals surface area contributed by atoms with Gasteiger partial charge in [-0.1, -0.05) is 41.9 Å². The highest BCUT2D eigenvalue weighted by Crippen LogP contribution is 2.29. The number of rotatable bonds is 5. The van der Waals surface area contributed by atoms with Crippen LogP contribution in [0.5, 0.6) is 5.75 Å². The van der Waals surface area contributed by atoms with Crippen molar-refractivity contribution in [3.05, 3.63) is 64.7 Å². The quantitative estimate of drug-likeness (QED) is 0.860. The van der Waals surface area contributed by atoms with Gasteiger partial charge in [0.1, 0.15) is 5.75 Å². The monoisotopic (exact) mass is 380 g/mol. The number of alkyl halides is 2. The fourth-order valence-corrected chi connectivity index (χ4v) is 3.40. The van der Waals surface area contributed by atoms with Crippen LogP contribution in [0.25, 0.3) is 0 Å². The number of benzene rings is 2. The summed E-state index contributed by atoms with van der Waals surface area (Å²) in [6.45, 7) is -1.02. The lowest BCUT2D eigenvalue weighted by molar-refractivity contribution is -0.133. The molecule has 1 amide bonds. The Kier molecular flexibility index (Phi) is 6.06. The smallest absolute Gasteiger partial charge is 0.387 e. The van der Waals surface area contributed by atoms with Crippen molar-refractivity contribution in [3.63, 3.8) is 0 Å². The number of nitrogens with zero attached hydrogens (tertiary/aromatic N) is 1. The van der Waals surface area contributed by atoms with E-state index in [9.17, 15) is 13.6 Å². The summed E-state index contributed by atoms with van der Waals surface area (Å²) in [5, 5.41) is 3.90. The first-order valence-electron chi connectivity index (χ1n) is 8.33. The van der Waals surface area contributed by atoms with Crippen molar-refractivity contribution in [3.8, 4) is 5.75 Å². The molecule has 0 aromatic heterocycles. The number of nitrogens with one attached hydrogen (secondary N) is 1. The highest BCUT2D eigenvalue weighted by atomic mass is 35.5. The molecule has 3 rings (SSSR count). The Morgan fingerprint density at radius 2 is 2.08 bits per heavy atom. The normalized spacial score (nSPS) is 17.4. The molecule has 1 unspecified atom stereocenters. The van der Waals surface area contributed by atoms with E-state index in [1.807, 2.05) is 18.2 Å². The van der Waals surface area contributed by atoms with Crippen LogP contribution in [0, 0.1) is 0 Å². The minimum absolute atomic E-state index is 0.0493. The van der Waals surface area contributed by atoms with Crippen molar-refractivity contribution in [1.82, 2.24) is 10.2 Å². The highest BCUT2D eigenvalue weighted by molar-refractivity contribution is 6.31. The molecule has 2 aromatic rings. The van der Waals surface area contributed by atoms with E-state index < -0.39 is 6.61 Å². The zero-order valence-corrected chi connectivity index (χ0v) is 14.8. The van der Waals surface area contributed by atoms with E-state index in [0.29, 0.717) is 30.2 Å². The Bertz CT molecular complexity index is 773. The summed E-state index contributed by atoms with van der Waals surface area (Å²) >= 11 is 6.30. The Morgan fingerprint density at radius 1 is 1.27 bits per heavy atom. The maximum atomic E-state index is 12.9. The summed E-state index contributed by atoms with van der Waals surface area (Å²) in [6, 6.07) is 13.5. The molecule has 1 fully saturated rings. The van der Waals surface area contributed by atoms with Crippen molar-refractivity contribution in [1.29, 1.82) is 0 Å². The van der Waals surface area contributed by atoms with E-state index in [4.69, 9.17) is 11.6 Å². The van der Waals surface area contributed by atoms with E-state index in [-0.39, 0.29) is 24.1 Å². The van der Waals surface area contributed by atoms with Crippen LogP contribution in [-0.4, -0.2) is 37.1 Å². The third kappa shape index (κ3) is 4.51. The van der Waals surface area contributed by atoms with Crippen LogP contribution in [0.15, 0.2) is 48.5 Å². The second-order valence-electron chi connectivity index (χ2n) is 6.03. The molecule has 0 saturated carbocycles. The third-order valence-electron chi connectivity index (χ3n) is 4.31. The minimum atomic E-state index is -2.89. The lowest BCUT2D eigenvalue weighted by atomic mass is 10.0. The summed E-state index contributed by atoms with van der Waals surface area (Å²) in [4.78, 5) is 14.7. The highest BCUT2D eigenvalue weighted by Gasteiger charge is 2.29. The molecule has 1 heterocycles. The number of carbonyl (C=O) groups is 1. The molecule has 1 saturated heterocycles. The van der Waals surface area contributed by atoms with Gasteiger partial charge in [0.05, 0.1) is 12.5 Å². The average molecular weight is 381 g/mol. The third-order valence-corrected chi connectivity index (χ3v) is 4.65. The van der Waals surface area contributed by atoms with Crippen LogP contribution in [0.4, 0.5) is 8.78 Å². The van der Waals surface area contributed by atoms with Gasteiger partial charge in [0.25, 0.3) is 0 Å². The molecule has 0 radical (unpaired) electrons. The van der Waals surface area contributed by atoms with Gasteiger partial charge in [-0.2, -0.15) is 8.78 Å². The van der Waals surface area contributed by atoms with Gasteiger partial charge in [-0.05, 0) is 29.3 Å². The Balaban J connectivity index is 1.76. The van der Waals surface area contributed by atoms with Gasteiger partial charge >= 0.3 is 6.61 Å². The number of halogens is 3. The summed E-state index contributed by atoms with van der Waals surface area (Å²) < 4.78 is 29.1. The Labute approximate surface area is 155 Å². The molecule has 138 valence electrons. The van der Waals surface area contributed by atoms with Crippen molar-refractivity contribution in [2.45, 2.75) is 19.1 Å². The maximum absolute atomic E-state index is 12.9. The molecular weight excluding hydrogens is 362 g/mol. The fraction of sp³-hybridized carbons (Fsp3) is 0.316. The van der Waals surface area contributed by atoms with Crippen LogP contribution in [0.3, 0.4) is 0 Å². The lowest BCUT2D eigenvalue weighted by Crippen LogP contribution is -2.49. The molecule has 1 atom stereocenters. The summed E-state index contributed by atoms with van der Waals surface area (Å²) in [5.74, 6) is -0.0288. The van der Waals surface area contributed by atoms with Crippen LogP contribution in [0.2, 0.25) is 5.02 Å². The van der Waals surface area contributed by atoms with Gasteiger partial charge in [0, 0.05) is 24.7 Å². The standard InChI is InChI=1S/C19H19ClF2N2O2/c20-16-7-2-1-6-15(16)17-12-23-8-9-24(17)18(25)11-13-4-3-5-14(10-13)26-19(21)22/h1-7,10,17,19,23H,8-9,11-12H2. The molecule has 1 N–H and O–H groups in total. The first-order valence-corrected chi connectivity index (χ1v) is 8.71. The van der Waals surface area contributed by atoms with E-state index in [2.05, 4.69) is 10.1 Å². The number of ether oxygens (including phenoxy) is 1. The predicted octanol–water partition coefficient (Wildman–Crippen LogP) is 3.66. The number of carbonyl (C=O) groups excluding carboxylic acids is 1. The van der Waals surface area contributed by atoms with Gasteiger partial charge in [-0.25, -0.2) is 0 Å². The SMILES string of the molecule is O=C(Cc1cccc(OC(F)F)c1)N1CCNCC1c1ccccc1Cl. The lowest BCUT2D eigenvalue weighted by Gasteiger charge is -2.37. The molecule has 7 heteroatoms. The number of hydrogen-bond acceptors (Lipinski definition) is 3. The Morgan fingerprint density at radius 3 is 2.85 bits per heavy atom. The van der Waals surface area contributed by atoms with Gasteiger partial charge in [-0.15, -0.1) is 0 Å². The second-order valence-corrected chi connectivity index (χ2v) is 6.44. The topological polar surface area (TPSA) is 41.6 Å². The summed E-state index contributed by atoms with van der Waals surface area (Å²) in [6.07, 6.45) is 0.112. The van der Waals surface area contributed by atoms with Gasteiger partial charge in [0.2, 0.25) is 5.91 Å². The number of amides is 1. The molecule has 0 spiro atoms. The van der Waals surface area contributed by atoms with Crippen molar-refractivity contribution < 1.29 is 18.3 Å². The maximum Gasteiger partial charge on any atom is 0.387 e. The molecular formula is C19H19ClF2N2O2. The molecule has 2 aromatic carbocycles. The van der Waals surface area contributed by atoms with Crippen LogP contribution in [0.1, 0.15) is 17.2 Å². The number of hydrogen-bond donors (Lipinski definition) is 1. The van der Waals surface area contributed by atoms with Gasteiger partial charge < -0.3 is 15.0 Å². The largest absolute Gasteiger partial charge is 0.435 e. The number of piperazine rings is 1. The Hall–Kier alpha value is -2.18.